The van der Waals surface area contributed by atoms with Gasteiger partial charge in [-0.1, -0.05) is 58.2 Å². The van der Waals surface area contributed by atoms with Crippen LogP contribution in [0.3, 0.4) is 0 Å². The van der Waals surface area contributed by atoms with Crippen molar-refractivity contribution in [3.8, 4) is 5.75 Å². The normalized spacial score (nSPS) is 12.8. The number of hydrogen-bond acceptors (Lipinski definition) is 2. The zero-order valence-electron chi connectivity index (χ0n) is 13.2. The third-order valence-electron chi connectivity index (χ3n) is 3.68. The summed E-state index contributed by atoms with van der Waals surface area (Å²) in [5, 5.41) is 0.324. The van der Waals surface area contributed by atoms with E-state index in [1.165, 1.54) is 19.3 Å². The summed E-state index contributed by atoms with van der Waals surface area (Å²) in [7, 11) is -0.647. The van der Waals surface area contributed by atoms with E-state index in [1.807, 2.05) is 24.3 Å². The summed E-state index contributed by atoms with van der Waals surface area (Å²) >= 11 is 0. The van der Waals surface area contributed by atoms with Crippen molar-refractivity contribution in [1.82, 2.24) is 0 Å². The van der Waals surface area contributed by atoms with Gasteiger partial charge in [-0.25, -0.2) is 0 Å². The van der Waals surface area contributed by atoms with Gasteiger partial charge in [0.2, 0.25) is 0 Å². The molecule has 0 aromatic heterocycles. The van der Waals surface area contributed by atoms with Crippen molar-refractivity contribution in [2.75, 3.05) is 6.61 Å². The van der Waals surface area contributed by atoms with Crippen LogP contribution in [0.4, 0.5) is 0 Å². The van der Waals surface area contributed by atoms with Gasteiger partial charge in [-0.15, -0.1) is 0 Å². The lowest BCUT2D eigenvalue weighted by molar-refractivity contribution is 0.107. The van der Waals surface area contributed by atoms with Crippen LogP contribution in [0.1, 0.15) is 56.8 Å². The van der Waals surface area contributed by atoms with Crippen LogP contribution in [0.5, 0.6) is 5.75 Å². The molecule has 0 heterocycles. The van der Waals surface area contributed by atoms with E-state index in [2.05, 4.69) is 20.8 Å². The molecule has 0 fully saturated rings. The van der Waals surface area contributed by atoms with E-state index in [0.29, 0.717) is 11.3 Å². The number of carbonyl (C=O) groups excluding carboxylic acids is 1. The first kappa shape index (κ1) is 17.0. The molecule has 1 atom stereocenters. The quantitative estimate of drug-likeness (QED) is 0.609. The molecule has 112 valence electrons. The van der Waals surface area contributed by atoms with Gasteiger partial charge in [0.1, 0.15) is 20.7 Å². The third-order valence-corrected chi connectivity index (χ3v) is 5.02. The summed E-state index contributed by atoms with van der Waals surface area (Å²) in [6, 6.07) is 8.74. The van der Waals surface area contributed by atoms with Crippen molar-refractivity contribution in [3.63, 3.8) is 0 Å². The zero-order valence-corrected chi connectivity index (χ0v) is 14.6. The fourth-order valence-corrected chi connectivity index (χ4v) is 3.31. The summed E-state index contributed by atoms with van der Waals surface area (Å²) in [5.74, 6) is 1.38. The van der Waals surface area contributed by atoms with E-state index in [9.17, 15) is 4.79 Å². The van der Waals surface area contributed by atoms with E-state index in [-0.39, 0.29) is 0 Å². The minimum absolute atomic E-state index is 0.324. The van der Waals surface area contributed by atoms with Gasteiger partial charge in [0.15, 0.2) is 0 Å². The highest BCUT2D eigenvalue weighted by Crippen LogP contribution is 2.21. The maximum atomic E-state index is 12.1. The second kappa shape index (κ2) is 9.75. The first-order chi connectivity index (χ1) is 9.72. The van der Waals surface area contributed by atoms with Crippen LogP contribution in [-0.2, 0) is 0 Å². The van der Waals surface area contributed by atoms with Crippen molar-refractivity contribution in [2.45, 2.75) is 52.5 Å². The first-order valence-electron chi connectivity index (χ1n) is 7.97. The topological polar surface area (TPSA) is 26.3 Å². The number of benzene rings is 1. The van der Waals surface area contributed by atoms with Crippen LogP contribution in [0.25, 0.3) is 0 Å². The van der Waals surface area contributed by atoms with Gasteiger partial charge >= 0.3 is 0 Å². The van der Waals surface area contributed by atoms with E-state index in [0.717, 1.165) is 30.4 Å². The summed E-state index contributed by atoms with van der Waals surface area (Å²) in [5.41, 5.74) is 0.798. The van der Waals surface area contributed by atoms with E-state index < -0.39 is 9.52 Å². The van der Waals surface area contributed by atoms with Crippen molar-refractivity contribution in [2.24, 2.45) is 5.92 Å². The highest BCUT2D eigenvalue weighted by Gasteiger charge is 2.13. The summed E-state index contributed by atoms with van der Waals surface area (Å²) < 4.78 is 5.96. The number of unbranched alkanes of at least 4 members (excludes halogenated alkanes) is 1. The Hall–Kier alpha value is -1.09. The van der Waals surface area contributed by atoms with E-state index in [4.69, 9.17) is 4.74 Å². The van der Waals surface area contributed by atoms with E-state index >= 15 is 0 Å². The average molecular weight is 292 g/mol. The van der Waals surface area contributed by atoms with Gasteiger partial charge in [0.05, 0.1) is 12.2 Å². The number of carbonyl (C=O) groups is 1. The molecule has 0 N–H and O–H groups in total. The Morgan fingerprint density at radius 1 is 1.25 bits per heavy atom. The second-order valence-electron chi connectivity index (χ2n) is 5.40. The molecule has 0 saturated heterocycles. The maximum absolute atomic E-state index is 12.1. The Labute approximate surface area is 125 Å². The number of hydrogen-bond donors (Lipinski definition) is 0. The summed E-state index contributed by atoms with van der Waals surface area (Å²) in [6.07, 6.45) is 4.84. The molecule has 0 aliphatic heterocycles. The standard InChI is InChI=1S/C17H28O2Si/c1-4-7-10-14(5-2)13-19-16-12-9-8-11-15(16)17(18)20-6-3/h8-9,11-12,14H,4-7,10,13,20H2,1-3H3. The third kappa shape index (κ3) is 5.49. The lowest BCUT2D eigenvalue weighted by atomic mass is 10.0. The zero-order chi connectivity index (χ0) is 14.8. The van der Waals surface area contributed by atoms with Crippen molar-refractivity contribution >= 4 is 14.9 Å². The monoisotopic (exact) mass is 292 g/mol. The predicted molar refractivity (Wildman–Crippen MR) is 88.6 cm³/mol. The number of para-hydroxylation sites is 1. The molecule has 0 aliphatic carbocycles. The fourth-order valence-electron chi connectivity index (χ4n) is 2.29. The summed E-state index contributed by atoms with van der Waals surface area (Å²) in [4.78, 5) is 12.1. The molecule has 3 heteroatoms. The molecule has 1 aromatic carbocycles. The van der Waals surface area contributed by atoms with E-state index in [1.54, 1.807) is 0 Å². The van der Waals surface area contributed by atoms with Gasteiger partial charge in [-0.3, -0.25) is 0 Å². The molecule has 1 aromatic rings. The highest BCUT2D eigenvalue weighted by atomic mass is 28.2. The van der Waals surface area contributed by atoms with Crippen LogP contribution in [0.2, 0.25) is 6.04 Å². The predicted octanol–water partition coefficient (Wildman–Crippen LogP) is 4.03. The fraction of sp³-hybridized carbons (Fsp3) is 0.588. The van der Waals surface area contributed by atoms with Gasteiger partial charge in [0, 0.05) is 0 Å². The van der Waals surface area contributed by atoms with Gasteiger partial charge in [0.25, 0.3) is 0 Å². The Bertz CT molecular complexity index is 404. The smallest absolute Gasteiger partial charge is 0.136 e. The second-order valence-corrected chi connectivity index (χ2v) is 7.54. The van der Waals surface area contributed by atoms with Crippen molar-refractivity contribution in [1.29, 1.82) is 0 Å². The first-order valence-corrected chi connectivity index (χ1v) is 9.68. The van der Waals surface area contributed by atoms with Gasteiger partial charge in [-0.2, -0.15) is 0 Å². The Kier molecular flexibility index (Phi) is 8.27. The molecular formula is C17H28O2Si. The number of ether oxygens (including phenoxy) is 1. The van der Waals surface area contributed by atoms with Crippen LogP contribution < -0.4 is 4.74 Å². The summed E-state index contributed by atoms with van der Waals surface area (Å²) in [6.45, 7) is 7.25. The molecule has 0 radical (unpaired) electrons. The molecule has 1 unspecified atom stereocenters. The molecule has 0 saturated carbocycles. The molecule has 0 bridgehead atoms. The van der Waals surface area contributed by atoms with Crippen LogP contribution in [0, 0.1) is 5.92 Å². The molecule has 0 amide bonds. The average Bonchev–Trinajstić information content (AvgIpc) is 2.48. The van der Waals surface area contributed by atoms with Crippen LogP contribution in [0.15, 0.2) is 24.3 Å². The molecule has 0 aliphatic rings. The van der Waals surface area contributed by atoms with Crippen LogP contribution >= 0.6 is 0 Å². The highest BCUT2D eigenvalue weighted by molar-refractivity contribution is 6.77. The van der Waals surface area contributed by atoms with Crippen LogP contribution in [-0.4, -0.2) is 21.5 Å². The Balaban J connectivity index is 2.64. The van der Waals surface area contributed by atoms with Crippen molar-refractivity contribution in [3.05, 3.63) is 29.8 Å². The molecule has 1 rings (SSSR count). The molecule has 2 nitrogen and oxygen atoms in total. The Morgan fingerprint density at radius 3 is 2.65 bits per heavy atom. The van der Waals surface area contributed by atoms with Crippen molar-refractivity contribution < 1.29 is 9.53 Å². The lowest BCUT2D eigenvalue weighted by Crippen LogP contribution is -2.15. The van der Waals surface area contributed by atoms with Gasteiger partial charge in [-0.05, 0) is 24.5 Å². The molecular weight excluding hydrogens is 264 g/mol. The molecule has 0 spiro atoms. The molecule has 20 heavy (non-hydrogen) atoms. The van der Waals surface area contributed by atoms with Gasteiger partial charge < -0.3 is 9.53 Å². The number of rotatable bonds is 10. The largest absolute Gasteiger partial charge is 0.493 e. The minimum Gasteiger partial charge on any atom is -0.493 e. The lowest BCUT2D eigenvalue weighted by Gasteiger charge is -2.17. The SMILES string of the molecule is CCCCC(CC)COc1ccccc1C(=O)[SiH2]CC. The minimum atomic E-state index is -0.647. The maximum Gasteiger partial charge on any atom is 0.136 e. The Morgan fingerprint density at radius 2 is 2.00 bits per heavy atom.